The molecule has 0 aliphatic rings. The van der Waals surface area contributed by atoms with Crippen molar-refractivity contribution in [1.29, 1.82) is 0 Å². The molecule has 0 saturated carbocycles. The number of carboxylic acid groups (broad SMARTS) is 1. The molecule has 0 aromatic heterocycles. The van der Waals surface area contributed by atoms with Gasteiger partial charge in [-0.15, -0.1) is 0 Å². The monoisotopic (exact) mass is 239 g/mol. The molecule has 1 aromatic carbocycles. The Balaban J connectivity index is 2.41. The number of nitrogens with one attached hydrogen (secondary N) is 1. The van der Waals surface area contributed by atoms with Gasteiger partial charge in [0, 0.05) is 0 Å². The van der Waals surface area contributed by atoms with Crippen LogP contribution in [0.4, 0.5) is 4.39 Å². The Kier molecular flexibility index (Phi) is 5.10. The van der Waals surface area contributed by atoms with E-state index >= 15 is 0 Å². The highest BCUT2D eigenvalue weighted by atomic mass is 19.1. The molecule has 4 heteroatoms. The molecule has 94 valence electrons. The van der Waals surface area contributed by atoms with E-state index in [9.17, 15) is 9.18 Å². The molecule has 0 amide bonds. The van der Waals surface area contributed by atoms with E-state index in [1.165, 1.54) is 12.1 Å². The highest BCUT2D eigenvalue weighted by Gasteiger charge is 2.19. The standard InChI is InChI=1S/C13H18FNO2/c1-9(2)12(13(16)17)15-8-7-10-3-5-11(14)6-4-10/h3-6,9,12,15H,7-8H2,1-2H3,(H,16,17). The summed E-state index contributed by atoms with van der Waals surface area (Å²) in [5, 5.41) is 12.0. The molecule has 3 nitrogen and oxygen atoms in total. The summed E-state index contributed by atoms with van der Waals surface area (Å²) < 4.78 is 12.7. The highest BCUT2D eigenvalue weighted by molar-refractivity contribution is 5.73. The predicted molar refractivity (Wildman–Crippen MR) is 64.4 cm³/mol. The summed E-state index contributed by atoms with van der Waals surface area (Å²) in [5.74, 6) is -1.05. The van der Waals surface area contributed by atoms with Crippen molar-refractivity contribution in [3.05, 3.63) is 35.6 Å². The first-order chi connectivity index (χ1) is 8.00. The fourth-order valence-corrected chi connectivity index (χ4v) is 1.63. The third-order valence-corrected chi connectivity index (χ3v) is 2.62. The largest absolute Gasteiger partial charge is 0.480 e. The van der Waals surface area contributed by atoms with Crippen molar-refractivity contribution in [2.45, 2.75) is 26.3 Å². The second-order valence-corrected chi connectivity index (χ2v) is 4.39. The van der Waals surface area contributed by atoms with Crippen LogP contribution in [0.15, 0.2) is 24.3 Å². The second kappa shape index (κ2) is 6.35. The zero-order valence-corrected chi connectivity index (χ0v) is 10.1. The van der Waals surface area contributed by atoms with Crippen LogP contribution in [0.3, 0.4) is 0 Å². The highest BCUT2D eigenvalue weighted by Crippen LogP contribution is 2.05. The zero-order valence-electron chi connectivity index (χ0n) is 10.1. The molecule has 0 radical (unpaired) electrons. The lowest BCUT2D eigenvalue weighted by Gasteiger charge is -2.17. The van der Waals surface area contributed by atoms with Crippen LogP contribution < -0.4 is 5.32 Å². The van der Waals surface area contributed by atoms with Gasteiger partial charge in [-0.25, -0.2) is 4.39 Å². The Morgan fingerprint density at radius 3 is 2.41 bits per heavy atom. The molecule has 0 saturated heterocycles. The Morgan fingerprint density at radius 1 is 1.35 bits per heavy atom. The topological polar surface area (TPSA) is 49.3 Å². The fraction of sp³-hybridized carbons (Fsp3) is 0.462. The minimum absolute atomic E-state index is 0.0423. The first-order valence-corrected chi connectivity index (χ1v) is 5.71. The molecular weight excluding hydrogens is 221 g/mol. The zero-order chi connectivity index (χ0) is 12.8. The van der Waals surface area contributed by atoms with Crippen LogP contribution in [0.25, 0.3) is 0 Å². The van der Waals surface area contributed by atoms with Crippen LogP contribution in [0.2, 0.25) is 0 Å². The summed E-state index contributed by atoms with van der Waals surface area (Å²) in [4.78, 5) is 10.9. The van der Waals surface area contributed by atoms with Crippen LogP contribution in [-0.2, 0) is 11.2 Å². The molecular formula is C13H18FNO2. The SMILES string of the molecule is CC(C)C(NCCc1ccc(F)cc1)C(=O)O. The van der Waals surface area contributed by atoms with Crippen molar-refractivity contribution in [2.75, 3.05) is 6.54 Å². The van der Waals surface area contributed by atoms with Gasteiger partial charge in [0.15, 0.2) is 0 Å². The van der Waals surface area contributed by atoms with E-state index in [0.717, 1.165) is 5.56 Å². The van der Waals surface area contributed by atoms with E-state index in [-0.39, 0.29) is 11.7 Å². The van der Waals surface area contributed by atoms with Crippen molar-refractivity contribution < 1.29 is 14.3 Å². The van der Waals surface area contributed by atoms with Gasteiger partial charge in [-0.1, -0.05) is 26.0 Å². The van der Waals surface area contributed by atoms with E-state index in [2.05, 4.69) is 5.32 Å². The van der Waals surface area contributed by atoms with Gasteiger partial charge in [0.25, 0.3) is 0 Å². The van der Waals surface area contributed by atoms with Gasteiger partial charge in [0.05, 0.1) is 0 Å². The number of benzene rings is 1. The smallest absolute Gasteiger partial charge is 0.320 e. The lowest BCUT2D eigenvalue weighted by Crippen LogP contribution is -2.41. The molecule has 2 N–H and O–H groups in total. The maximum absolute atomic E-state index is 12.7. The Bertz CT molecular complexity index is 362. The van der Waals surface area contributed by atoms with Crippen molar-refractivity contribution in [3.63, 3.8) is 0 Å². The second-order valence-electron chi connectivity index (χ2n) is 4.39. The van der Waals surface area contributed by atoms with Crippen LogP contribution >= 0.6 is 0 Å². The summed E-state index contributed by atoms with van der Waals surface area (Å²) in [5.41, 5.74) is 0.992. The lowest BCUT2D eigenvalue weighted by molar-refractivity contribution is -0.140. The molecule has 0 aliphatic heterocycles. The molecule has 0 heterocycles. The molecule has 17 heavy (non-hydrogen) atoms. The number of carboxylic acids is 1. The van der Waals surface area contributed by atoms with E-state index in [1.54, 1.807) is 12.1 Å². The first kappa shape index (κ1) is 13.6. The number of aliphatic carboxylic acids is 1. The summed E-state index contributed by atoms with van der Waals surface area (Å²) in [6, 6.07) is 5.71. The normalized spacial score (nSPS) is 12.7. The van der Waals surface area contributed by atoms with E-state index in [4.69, 9.17) is 5.11 Å². The van der Waals surface area contributed by atoms with Crippen LogP contribution in [0.5, 0.6) is 0 Å². The van der Waals surface area contributed by atoms with Crippen LogP contribution in [-0.4, -0.2) is 23.7 Å². The maximum atomic E-state index is 12.7. The summed E-state index contributed by atoms with van der Waals surface area (Å²) in [6.45, 7) is 4.30. The Labute approximate surface area is 101 Å². The average molecular weight is 239 g/mol. The molecule has 0 bridgehead atoms. The molecule has 0 spiro atoms. The average Bonchev–Trinajstić information content (AvgIpc) is 2.25. The maximum Gasteiger partial charge on any atom is 0.320 e. The quantitative estimate of drug-likeness (QED) is 0.799. The first-order valence-electron chi connectivity index (χ1n) is 5.71. The predicted octanol–water partition coefficient (Wildman–Crippen LogP) is 2.07. The molecule has 0 aliphatic carbocycles. The van der Waals surface area contributed by atoms with Gasteiger partial charge in [-0.05, 0) is 36.6 Å². The third kappa shape index (κ3) is 4.53. The minimum atomic E-state index is -0.834. The van der Waals surface area contributed by atoms with Gasteiger partial charge in [0.1, 0.15) is 11.9 Å². The number of carbonyl (C=O) groups is 1. The van der Waals surface area contributed by atoms with Gasteiger partial charge in [-0.2, -0.15) is 0 Å². The molecule has 1 rings (SSSR count). The number of rotatable bonds is 6. The lowest BCUT2D eigenvalue weighted by atomic mass is 10.0. The van der Waals surface area contributed by atoms with Gasteiger partial charge in [0.2, 0.25) is 0 Å². The molecule has 1 unspecified atom stereocenters. The summed E-state index contributed by atoms with van der Waals surface area (Å²) in [6.07, 6.45) is 0.691. The molecule has 1 aromatic rings. The number of hydrogen-bond donors (Lipinski definition) is 2. The van der Waals surface area contributed by atoms with Crippen LogP contribution in [0, 0.1) is 11.7 Å². The number of hydrogen-bond acceptors (Lipinski definition) is 2. The van der Waals surface area contributed by atoms with Crippen molar-refractivity contribution in [2.24, 2.45) is 5.92 Å². The molecule has 0 fully saturated rings. The van der Waals surface area contributed by atoms with E-state index < -0.39 is 12.0 Å². The Morgan fingerprint density at radius 2 is 1.94 bits per heavy atom. The third-order valence-electron chi connectivity index (χ3n) is 2.62. The number of halogens is 1. The van der Waals surface area contributed by atoms with E-state index in [1.807, 2.05) is 13.8 Å². The van der Waals surface area contributed by atoms with Crippen molar-refractivity contribution in [3.8, 4) is 0 Å². The van der Waals surface area contributed by atoms with Gasteiger partial charge < -0.3 is 10.4 Å². The summed E-state index contributed by atoms with van der Waals surface area (Å²) in [7, 11) is 0. The van der Waals surface area contributed by atoms with Gasteiger partial charge >= 0.3 is 5.97 Å². The Hall–Kier alpha value is -1.42. The summed E-state index contributed by atoms with van der Waals surface area (Å²) >= 11 is 0. The van der Waals surface area contributed by atoms with Gasteiger partial charge in [-0.3, -0.25) is 4.79 Å². The minimum Gasteiger partial charge on any atom is -0.480 e. The fourth-order valence-electron chi connectivity index (χ4n) is 1.63. The van der Waals surface area contributed by atoms with E-state index in [0.29, 0.717) is 13.0 Å². The van der Waals surface area contributed by atoms with Crippen molar-refractivity contribution in [1.82, 2.24) is 5.32 Å². The molecule has 1 atom stereocenters. The van der Waals surface area contributed by atoms with Crippen LogP contribution in [0.1, 0.15) is 19.4 Å². The van der Waals surface area contributed by atoms with Crippen molar-refractivity contribution >= 4 is 5.97 Å².